The molecule has 3 aromatic heterocycles. The maximum Gasteiger partial charge on any atom is 0.0516 e. The Morgan fingerprint density at radius 1 is 1.20 bits per heavy atom. The third-order valence-corrected chi connectivity index (χ3v) is 4.03. The number of hydrogen-bond donors (Lipinski definition) is 0. The summed E-state index contributed by atoms with van der Waals surface area (Å²) in [6.07, 6.45) is 8.45. The van der Waals surface area contributed by atoms with Crippen LogP contribution in [-0.4, -0.2) is 14.5 Å². The minimum absolute atomic E-state index is 0.848. The molecular weight excluding hydrogens is 246 g/mol. The molecule has 1 aliphatic carbocycles. The molecule has 1 fully saturated rings. The first-order chi connectivity index (χ1) is 9.81. The van der Waals surface area contributed by atoms with Crippen molar-refractivity contribution in [2.24, 2.45) is 5.92 Å². The van der Waals surface area contributed by atoms with E-state index in [9.17, 15) is 0 Å². The van der Waals surface area contributed by atoms with Crippen LogP contribution in [0, 0.1) is 12.8 Å². The molecule has 0 spiro atoms. The average Bonchev–Trinajstić information content (AvgIpc) is 3.20. The van der Waals surface area contributed by atoms with Crippen molar-refractivity contribution in [1.82, 2.24) is 14.5 Å². The largest absolute Gasteiger partial charge is 0.340 e. The topological polar surface area (TPSA) is 30.7 Å². The molecule has 0 saturated heterocycles. The zero-order valence-electron chi connectivity index (χ0n) is 11.6. The van der Waals surface area contributed by atoms with Gasteiger partial charge >= 0.3 is 0 Å². The number of pyridine rings is 2. The Labute approximate surface area is 118 Å². The van der Waals surface area contributed by atoms with Crippen molar-refractivity contribution < 1.29 is 0 Å². The maximum atomic E-state index is 4.30. The molecule has 0 unspecified atom stereocenters. The number of hydrogen-bond acceptors (Lipinski definition) is 2. The Kier molecular flexibility index (Phi) is 2.59. The van der Waals surface area contributed by atoms with Crippen molar-refractivity contribution in [2.75, 3.05) is 0 Å². The van der Waals surface area contributed by atoms with E-state index in [1.54, 1.807) is 0 Å². The molecule has 1 aliphatic rings. The number of rotatable bonds is 3. The first-order valence-electron chi connectivity index (χ1n) is 7.17. The number of aromatic nitrogens is 3. The van der Waals surface area contributed by atoms with Gasteiger partial charge in [-0.15, -0.1) is 0 Å². The standard InChI is InChI=1S/C17H17N3/c1-12-8-14(4-7-19-12)17-9-15-10-18-6-5-16(15)20(17)11-13-2-3-13/h4-10,13H,2-3,11H2,1H3. The van der Waals surface area contributed by atoms with Gasteiger partial charge in [-0.05, 0) is 49.9 Å². The Balaban J connectivity index is 1.92. The lowest BCUT2D eigenvalue weighted by Crippen LogP contribution is -2.01. The number of nitrogens with zero attached hydrogens (tertiary/aromatic N) is 3. The molecule has 0 amide bonds. The molecule has 0 aromatic carbocycles. The van der Waals surface area contributed by atoms with Crippen molar-refractivity contribution in [3.05, 3.63) is 48.5 Å². The average molecular weight is 263 g/mol. The molecule has 100 valence electrons. The highest BCUT2D eigenvalue weighted by Crippen LogP contribution is 2.35. The van der Waals surface area contributed by atoms with Gasteiger partial charge in [0.2, 0.25) is 0 Å². The predicted molar refractivity (Wildman–Crippen MR) is 80.4 cm³/mol. The molecule has 0 N–H and O–H groups in total. The van der Waals surface area contributed by atoms with Crippen molar-refractivity contribution >= 4 is 10.9 Å². The van der Waals surface area contributed by atoms with Crippen LogP contribution < -0.4 is 0 Å². The van der Waals surface area contributed by atoms with Gasteiger partial charge in [0.25, 0.3) is 0 Å². The normalized spacial score (nSPS) is 14.8. The van der Waals surface area contributed by atoms with Crippen LogP contribution in [-0.2, 0) is 6.54 Å². The van der Waals surface area contributed by atoms with E-state index < -0.39 is 0 Å². The summed E-state index contributed by atoms with van der Waals surface area (Å²) >= 11 is 0. The van der Waals surface area contributed by atoms with E-state index in [1.807, 2.05) is 25.5 Å². The van der Waals surface area contributed by atoms with Crippen LogP contribution >= 0.6 is 0 Å². The molecule has 0 aliphatic heterocycles. The van der Waals surface area contributed by atoms with Gasteiger partial charge in [0.1, 0.15) is 0 Å². The van der Waals surface area contributed by atoms with Crippen molar-refractivity contribution in [3.63, 3.8) is 0 Å². The van der Waals surface area contributed by atoms with Gasteiger partial charge in [0.05, 0.1) is 5.52 Å². The number of aryl methyl sites for hydroxylation is 1. The highest BCUT2D eigenvalue weighted by molar-refractivity contribution is 5.86. The quantitative estimate of drug-likeness (QED) is 0.719. The summed E-state index contributed by atoms with van der Waals surface area (Å²) in [5.41, 5.74) is 4.87. The van der Waals surface area contributed by atoms with E-state index in [-0.39, 0.29) is 0 Å². The van der Waals surface area contributed by atoms with Crippen molar-refractivity contribution in [3.8, 4) is 11.3 Å². The van der Waals surface area contributed by atoms with Crippen LogP contribution in [0.5, 0.6) is 0 Å². The monoisotopic (exact) mass is 263 g/mol. The van der Waals surface area contributed by atoms with Crippen LogP contribution in [0.15, 0.2) is 42.9 Å². The van der Waals surface area contributed by atoms with E-state index in [1.165, 1.54) is 35.0 Å². The maximum absolute atomic E-state index is 4.30. The smallest absolute Gasteiger partial charge is 0.0516 e. The molecule has 3 nitrogen and oxygen atoms in total. The molecule has 3 heterocycles. The first kappa shape index (κ1) is 11.6. The summed E-state index contributed by atoms with van der Waals surface area (Å²) in [5.74, 6) is 0.848. The third kappa shape index (κ3) is 1.99. The highest BCUT2D eigenvalue weighted by atomic mass is 15.0. The Hall–Kier alpha value is -2.16. The van der Waals surface area contributed by atoms with Gasteiger partial charge in [-0.1, -0.05) is 0 Å². The minimum Gasteiger partial charge on any atom is -0.340 e. The van der Waals surface area contributed by atoms with E-state index in [2.05, 4.69) is 38.8 Å². The predicted octanol–water partition coefficient (Wildman–Crippen LogP) is 3.82. The second-order valence-corrected chi connectivity index (χ2v) is 5.70. The lowest BCUT2D eigenvalue weighted by Gasteiger charge is -2.10. The summed E-state index contributed by atoms with van der Waals surface area (Å²) in [6, 6.07) is 8.62. The molecule has 3 aromatic rings. The SMILES string of the molecule is Cc1cc(-c2cc3cnccc3n2CC2CC2)ccn1. The van der Waals surface area contributed by atoms with E-state index >= 15 is 0 Å². The second-order valence-electron chi connectivity index (χ2n) is 5.70. The van der Waals surface area contributed by atoms with Gasteiger partial charge < -0.3 is 4.57 Å². The molecular formula is C17H17N3. The fraction of sp³-hybridized carbons (Fsp3) is 0.294. The lowest BCUT2D eigenvalue weighted by atomic mass is 10.1. The van der Waals surface area contributed by atoms with Crippen LogP contribution in [0.4, 0.5) is 0 Å². The minimum atomic E-state index is 0.848. The molecule has 3 heteroatoms. The van der Waals surface area contributed by atoms with Crippen LogP contribution in [0.2, 0.25) is 0 Å². The number of fused-ring (bicyclic) bond motifs is 1. The van der Waals surface area contributed by atoms with Crippen molar-refractivity contribution in [2.45, 2.75) is 26.3 Å². The third-order valence-electron chi connectivity index (χ3n) is 4.03. The summed E-state index contributed by atoms with van der Waals surface area (Å²) in [4.78, 5) is 8.55. The highest BCUT2D eigenvalue weighted by Gasteiger charge is 2.24. The van der Waals surface area contributed by atoms with Gasteiger partial charge in [0, 0.05) is 47.5 Å². The molecule has 4 rings (SSSR count). The molecule has 1 saturated carbocycles. The van der Waals surface area contributed by atoms with Gasteiger partial charge in [-0.25, -0.2) is 0 Å². The van der Waals surface area contributed by atoms with E-state index in [0.717, 1.165) is 18.2 Å². The molecule has 0 bridgehead atoms. The zero-order chi connectivity index (χ0) is 13.5. The zero-order valence-corrected chi connectivity index (χ0v) is 11.6. The molecule has 0 radical (unpaired) electrons. The fourth-order valence-corrected chi connectivity index (χ4v) is 2.81. The summed E-state index contributed by atoms with van der Waals surface area (Å²) in [7, 11) is 0. The Morgan fingerprint density at radius 2 is 2.10 bits per heavy atom. The molecule has 0 atom stereocenters. The Bertz CT molecular complexity index is 769. The Morgan fingerprint density at radius 3 is 2.90 bits per heavy atom. The fourth-order valence-electron chi connectivity index (χ4n) is 2.81. The first-order valence-corrected chi connectivity index (χ1v) is 7.17. The van der Waals surface area contributed by atoms with E-state index in [4.69, 9.17) is 0 Å². The van der Waals surface area contributed by atoms with Gasteiger partial charge in [-0.3, -0.25) is 9.97 Å². The van der Waals surface area contributed by atoms with Crippen LogP contribution in [0.25, 0.3) is 22.2 Å². The van der Waals surface area contributed by atoms with Crippen LogP contribution in [0.3, 0.4) is 0 Å². The summed E-state index contributed by atoms with van der Waals surface area (Å²) in [5, 5.41) is 1.22. The second kappa shape index (κ2) is 4.44. The van der Waals surface area contributed by atoms with Crippen molar-refractivity contribution in [1.29, 1.82) is 0 Å². The summed E-state index contributed by atoms with van der Waals surface area (Å²) in [6.45, 7) is 3.16. The summed E-state index contributed by atoms with van der Waals surface area (Å²) < 4.78 is 2.45. The van der Waals surface area contributed by atoms with Gasteiger partial charge in [-0.2, -0.15) is 0 Å². The van der Waals surface area contributed by atoms with Gasteiger partial charge in [0.15, 0.2) is 0 Å². The lowest BCUT2D eigenvalue weighted by molar-refractivity contribution is 0.652. The molecule has 20 heavy (non-hydrogen) atoms. The van der Waals surface area contributed by atoms with Crippen LogP contribution in [0.1, 0.15) is 18.5 Å². The van der Waals surface area contributed by atoms with E-state index in [0.29, 0.717) is 0 Å².